The molecule has 104 valence electrons. The molecule has 1 aliphatic heterocycles. The van der Waals surface area contributed by atoms with E-state index >= 15 is 0 Å². The lowest BCUT2D eigenvalue weighted by Crippen LogP contribution is -2.10. The highest BCUT2D eigenvalue weighted by molar-refractivity contribution is 5.74. The van der Waals surface area contributed by atoms with E-state index in [0.29, 0.717) is 19.6 Å². The highest BCUT2D eigenvalue weighted by atomic mass is 16.5. The molecule has 0 aliphatic carbocycles. The molecular weight excluding hydrogens is 254 g/mol. The second kappa shape index (κ2) is 5.88. The fraction of sp³-hybridized carbons (Fsp3) is 0.333. The number of aliphatic hydroxyl groups excluding tert-OH is 1. The predicted molar refractivity (Wildman–Crippen MR) is 76.9 cm³/mol. The first-order chi connectivity index (χ1) is 9.90. The molecule has 5 heteroatoms. The highest BCUT2D eigenvalue weighted by Crippen LogP contribution is 2.35. The Morgan fingerprint density at radius 2 is 2.15 bits per heavy atom. The van der Waals surface area contributed by atoms with Gasteiger partial charge in [-0.3, -0.25) is 0 Å². The number of fused-ring (bicyclic) bond motifs is 3. The Kier molecular flexibility index (Phi) is 3.78. The van der Waals surface area contributed by atoms with Crippen LogP contribution in [0.25, 0.3) is 11.3 Å². The maximum absolute atomic E-state index is 8.87. The number of hydrogen-bond donors (Lipinski definition) is 2. The van der Waals surface area contributed by atoms with Gasteiger partial charge in [0, 0.05) is 30.7 Å². The summed E-state index contributed by atoms with van der Waals surface area (Å²) in [6.45, 7) is 1.49. The molecule has 0 amide bonds. The molecule has 2 N–H and O–H groups in total. The third kappa shape index (κ3) is 2.44. The molecule has 0 unspecified atom stereocenters. The third-order valence-corrected chi connectivity index (χ3v) is 3.32. The van der Waals surface area contributed by atoms with E-state index in [4.69, 9.17) is 9.84 Å². The van der Waals surface area contributed by atoms with Crippen molar-refractivity contribution in [1.29, 1.82) is 0 Å². The average Bonchev–Trinajstić information content (AvgIpc) is 2.68. The lowest BCUT2D eigenvalue weighted by molar-refractivity contribution is 0.292. The Balaban J connectivity index is 2.00. The van der Waals surface area contributed by atoms with Crippen LogP contribution in [0.1, 0.15) is 12.0 Å². The summed E-state index contributed by atoms with van der Waals surface area (Å²) in [6.07, 6.45) is 3.04. The van der Waals surface area contributed by atoms with Gasteiger partial charge in [-0.1, -0.05) is 12.1 Å². The number of para-hydroxylation sites is 1. The van der Waals surface area contributed by atoms with Crippen molar-refractivity contribution < 1.29 is 9.84 Å². The number of hydrogen-bond acceptors (Lipinski definition) is 5. The van der Waals surface area contributed by atoms with Gasteiger partial charge in [0.05, 0.1) is 12.3 Å². The topological polar surface area (TPSA) is 67.3 Å². The van der Waals surface area contributed by atoms with Crippen LogP contribution in [0.4, 0.5) is 5.82 Å². The van der Waals surface area contributed by atoms with E-state index in [1.165, 1.54) is 0 Å². The molecule has 20 heavy (non-hydrogen) atoms. The van der Waals surface area contributed by atoms with E-state index in [0.717, 1.165) is 34.8 Å². The smallest absolute Gasteiger partial charge is 0.133 e. The number of aromatic nitrogens is 2. The van der Waals surface area contributed by atoms with E-state index < -0.39 is 0 Å². The van der Waals surface area contributed by atoms with Gasteiger partial charge in [-0.15, -0.1) is 0 Å². The third-order valence-electron chi connectivity index (χ3n) is 3.32. The first kappa shape index (κ1) is 12.9. The average molecular weight is 271 g/mol. The number of nitrogens with zero attached hydrogens (tertiary/aromatic N) is 2. The molecule has 0 spiro atoms. The van der Waals surface area contributed by atoms with Crippen LogP contribution in [0.2, 0.25) is 0 Å². The minimum Gasteiger partial charge on any atom is -0.493 e. The first-order valence-electron chi connectivity index (χ1n) is 6.81. The number of nitrogens with one attached hydrogen (secondary N) is 1. The van der Waals surface area contributed by atoms with Gasteiger partial charge in [-0.05, 0) is 18.6 Å². The van der Waals surface area contributed by atoms with Gasteiger partial charge in [0.15, 0.2) is 0 Å². The van der Waals surface area contributed by atoms with Crippen molar-refractivity contribution in [3.63, 3.8) is 0 Å². The molecule has 1 aliphatic rings. The van der Waals surface area contributed by atoms with Crippen LogP contribution in [0.5, 0.6) is 5.75 Å². The minimum atomic E-state index is 0.173. The summed E-state index contributed by atoms with van der Waals surface area (Å²) in [4.78, 5) is 8.75. The van der Waals surface area contributed by atoms with Gasteiger partial charge in [0.25, 0.3) is 0 Å². The number of rotatable bonds is 4. The van der Waals surface area contributed by atoms with Gasteiger partial charge in [0.2, 0.25) is 0 Å². The summed E-state index contributed by atoms with van der Waals surface area (Å²) < 4.78 is 5.78. The molecule has 0 bridgehead atoms. The second-order valence-corrected chi connectivity index (χ2v) is 4.65. The van der Waals surface area contributed by atoms with Crippen LogP contribution in [0.15, 0.2) is 30.6 Å². The number of ether oxygens (including phenoxy) is 1. The van der Waals surface area contributed by atoms with Crippen molar-refractivity contribution in [2.75, 3.05) is 25.1 Å². The van der Waals surface area contributed by atoms with Crippen LogP contribution in [-0.2, 0) is 6.42 Å². The van der Waals surface area contributed by atoms with E-state index in [2.05, 4.69) is 15.3 Å². The lowest BCUT2D eigenvalue weighted by atomic mass is 10.0. The van der Waals surface area contributed by atoms with Gasteiger partial charge in [-0.25, -0.2) is 9.97 Å². The molecular formula is C15H17N3O2. The van der Waals surface area contributed by atoms with Crippen molar-refractivity contribution in [2.24, 2.45) is 0 Å². The lowest BCUT2D eigenvalue weighted by Gasteiger charge is -2.12. The molecule has 3 rings (SSSR count). The van der Waals surface area contributed by atoms with Crippen molar-refractivity contribution in [2.45, 2.75) is 12.8 Å². The van der Waals surface area contributed by atoms with E-state index in [1.807, 2.05) is 24.3 Å². The van der Waals surface area contributed by atoms with E-state index in [9.17, 15) is 0 Å². The zero-order chi connectivity index (χ0) is 13.8. The largest absolute Gasteiger partial charge is 0.493 e. The maximum Gasteiger partial charge on any atom is 0.133 e. The Morgan fingerprint density at radius 3 is 3.05 bits per heavy atom. The molecule has 0 radical (unpaired) electrons. The molecule has 1 aromatic carbocycles. The van der Waals surface area contributed by atoms with E-state index in [-0.39, 0.29) is 6.61 Å². The molecule has 0 fully saturated rings. The summed E-state index contributed by atoms with van der Waals surface area (Å²) in [6, 6.07) is 7.93. The molecule has 2 aromatic rings. The quantitative estimate of drug-likeness (QED) is 0.831. The molecule has 2 heterocycles. The molecule has 5 nitrogen and oxygen atoms in total. The Bertz CT molecular complexity index is 601. The summed E-state index contributed by atoms with van der Waals surface area (Å²) in [5.74, 6) is 1.70. The monoisotopic (exact) mass is 271 g/mol. The molecule has 0 saturated heterocycles. The highest BCUT2D eigenvalue weighted by Gasteiger charge is 2.19. The van der Waals surface area contributed by atoms with Crippen molar-refractivity contribution >= 4 is 5.82 Å². The number of aliphatic hydroxyl groups is 1. The number of anilines is 1. The SMILES string of the molecule is OCCCNc1ncnc2c1CCOc1ccccc1-2. The summed E-state index contributed by atoms with van der Waals surface area (Å²) in [5.41, 5.74) is 3.02. The zero-order valence-electron chi connectivity index (χ0n) is 11.2. The minimum absolute atomic E-state index is 0.173. The Labute approximate surface area is 117 Å². The maximum atomic E-state index is 8.87. The van der Waals surface area contributed by atoms with Gasteiger partial charge < -0.3 is 15.2 Å². The Morgan fingerprint density at radius 1 is 1.25 bits per heavy atom. The van der Waals surface area contributed by atoms with Crippen LogP contribution in [-0.4, -0.2) is 34.8 Å². The predicted octanol–water partition coefficient (Wildman–Crippen LogP) is 1.87. The van der Waals surface area contributed by atoms with Gasteiger partial charge in [-0.2, -0.15) is 0 Å². The summed E-state index contributed by atoms with van der Waals surface area (Å²) >= 11 is 0. The summed E-state index contributed by atoms with van der Waals surface area (Å²) in [5, 5.41) is 12.1. The van der Waals surface area contributed by atoms with Crippen molar-refractivity contribution in [1.82, 2.24) is 9.97 Å². The zero-order valence-corrected chi connectivity index (χ0v) is 11.2. The van der Waals surface area contributed by atoms with Crippen LogP contribution in [0.3, 0.4) is 0 Å². The molecule has 0 atom stereocenters. The van der Waals surface area contributed by atoms with Crippen LogP contribution >= 0.6 is 0 Å². The van der Waals surface area contributed by atoms with Crippen molar-refractivity contribution in [3.05, 3.63) is 36.2 Å². The first-order valence-corrected chi connectivity index (χ1v) is 6.81. The van der Waals surface area contributed by atoms with Gasteiger partial charge >= 0.3 is 0 Å². The fourth-order valence-corrected chi connectivity index (χ4v) is 2.37. The second-order valence-electron chi connectivity index (χ2n) is 4.65. The van der Waals surface area contributed by atoms with Gasteiger partial charge in [0.1, 0.15) is 17.9 Å². The van der Waals surface area contributed by atoms with E-state index in [1.54, 1.807) is 6.33 Å². The van der Waals surface area contributed by atoms with Crippen LogP contribution < -0.4 is 10.1 Å². The van der Waals surface area contributed by atoms with Crippen LogP contribution in [0, 0.1) is 0 Å². The summed E-state index contributed by atoms with van der Waals surface area (Å²) in [7, 11) is 0. The fourth-order valence-electron chi connectivity index (χ4n) is 2.37. The normalized spacial score (nSPS) is 12.8. The standard InChI is InChI=1S/C15H17N3O2/c19-8-3-7-16-15-12-6-9-20-13-5-2-1-4-11(13)14(12)17-10-18-15/h1-2,4-5,10,19H,3,6-9H2,(H,16,17,18). The molecule has 1 aromatic heterocycles. The number of benzene rings is 1. The van der Waals surface area contributed by atoms with Crippen molar-refractivity contribution in [3.8, 4) is 17.0 Å². The Hall–Kier alpha value is -2.14. The molecule has 0 saturated carbocycles.